The zero-order chi connectivity index (χ0) is 14.6. The van der Waals surface area contributed by atoms with E-state index in [0.717, 1.165) is 6.92 Å². The van der Waals surface area contributed by atoms with Gasteiger partial charge in [-0.25, -0.2) is 8.78 Å². The van der Waals surface area contributed by atoms with Crippen LogP contribution in [0.3, 0.4) is 0 Å². The first kappa shape index (κ1) is 16.8. The number of aliphatic carboxylic acids is 1. The lowest BCUT2D eigenvalue weighted by molar-refractivity contribution is -0.160. The fourth-order valence-corrected chi connectivity index (χ4v) is 1.32. The highest BCUT2D eigenvalue weighted by molar-refractivity contribution is 5.78. The molecule has 0 saturated heterocycles. The number of carboxylic acid groups (broad SMARTS) is 1. The Balaban J connectivity index is 4.37. The molecule has 0 amide bonds. The lowest BCUT2D eigenvalue weighted by atomic mass is 9.97. The molecule has 0 aliphatic carbocycles. The largest absolute Gasteiger partial charge is 0.481 e. The van der Waals surface area contributed by atoms with Crippen LogP contribution >= 0.6 is 0 Å². The summed E-state index contributed by atoms with van der Waals surface area (Å²) in [6.07, 6.45) is -1.20. The summed E-state index contributed by atoms with van der Waals surface area (Å²) >= 11 is 0. The molecule has 6 heteroatoms. The number of rotatable bonds is 6. The fourth-order valence-electron chi connectivity index (χ4n) is 1.32. The predicted octanol–water partition coefficient (Wildman–Crippen LogP) is 2.85. The number of alkyl halides is 2. The third kappa shape index (κ3) is 8.90. The van der Waals surface area contributed by atoms with Crippen LogP contribution in [0.4, 0.5) is 8.78 Å². The summed E-state index contributed by atoms with van der Waals surface area (Å²) < 4.78 is 30.3. The molecule has 0 saturated carbocycles. The second kappa shape index (κ2) is 6.11. The Morgan fingerprint density at radius 3 is 2.06 bits per heavy atom. The molecule has 0 unspecified atom stereocenters. The molecular formula is C12H20F2O4. The third-order valence-corrected chi connectivity index (χ3v) is 2.11. The van der Waals surface area contributed by atoms with Crippen LogP contribution in [0, 0.1) is 5.92 Å². The van der Waals surface area contributed by atoms with Crippen molar-refractivity contribution >= 4 is 11.9 Å². The number of carbonyl (C=O) groups is 2. The molecule has 18 heavy (non-hydrogen) atoms. The minimum atomic E-state index is -2.93. The summed E-state index contributed by atoms with van der Waals surface area (Å²) in [5.74, 6) is -6.01. The van der Waals surface area contributed by atoms with Crippen LogP contribution in [0.2, 0.25) is 0 Å². The van der Waals surface area contributed by atoms with E-state index >= 15 is 0 Å². The van der Waals surface area contributed by atoms with Gasteiger partial charge in [-0.05, 0) is 34.1 Å². The molecule has 0 aliphatic rings. The Morgan fingerprint density at radius 1 is 1.22 bits per heavy atom. The molecule has 0 bridgehead atoms. The predicted molar refractivity (Wildman–Crippen MR) is 61.4 cm³/mol. The summed E-state index contributed by atoms with van der Waals surface area (Å²) in [6, 6.07) is 0. The van der Waals surface area contributed by atoms with E-state index in [-0.39, 0.29) is 12.8 Å². The average Bonchev–Trinajstić information content (AvgIpc) is 2.06. The van der Waals surface area contributed by atoms with Crippen molar-refractivity contribution in [1.29, 1.82) is 0 Å². The van der Waals surface area contributed by atoms with Crippen LogP contribution in [0.5, 0.6) is 0 Å². The van der Waals surface area contributed by atoms with Crippen molar-refractivity contribution in [2.75, 3.05) is 0 Å². The van der Waals surface area contributed by atoms with E-state index in [9.17, 15) is 18.4 Å². The minimum Gasteiger partial charge on any atom is -0.481 e. The van der Waals surface area contributed by atoms with Gasteiger partial charge in [0.05, 0.1) is 12.3 Å². The summed E-state index contributed by atoms with van der Waals surface area (Å²) in [7, 11) is 0. The van der Waals surface area contributed by atoms with Crippen molar-refractivity contribution in [3.8, 4) is 0 Å². The van der Waals surface area contributed by atoms with Gasteiger partial charge in [0, 0.05) is 6.42 Å². The molecule has 0 heterocycles. The summed E-state index contributed by atoms with van der Waals surface area (Å²) in [5.41, 5.74) is -0.713. The number of ether oxygens (including phenoxy) is 1. The molecule has 0 aromatic carbocycles. The van der Waals surface area contributed by atoms with Crippen molar-refractivity contribution in [3.63, 3.8) is 0 Å². The van der Waals surface area contributed by atoms with E-state index in [2.05, 4.69) is 0 Å². The molecule has 1 atom stereocenters. The molecular weight excluding hydrogens is 246 g/mol. The molecule has 0 radical (unpaired) electrons. The average molecular weight is 266 g/mol. The van der Waals surface area contributed by atoms with E-state index in [1.807, 2.05) is 0 Å². The fraction of sp³-hybridized carbons (Fsp3) is 0.833. The van der Waals surface area contributed by atoms with E-state index in [1.165, 1.54) is 0 Å². The maximum absolute atomic E-state index is 12.6. The summed E-state index contributed by atoms with van der Waals surface area (Å²) in [4.78, 5) is 22.3. The smallest absolute Gasteiger partial charge is 0.307 e. The molecule has 0 spiro atoms. The monoisotopic (exact) mass is 266 g/mol. The number of hydrogen-bond donors (Lipinski definition) is 1. The Hall–Kier alpha value is -1.20. The molecule has 0 aromatic heterocycles. The van der Waals surface area contributed by atoms with Gasteiger partial charge >= 0.3 is 11.9 Å². The van der Waals surface area contributed by atoms with Crippen molar-refractivity contribution in [2.24, 2.45) is 5.92 Å². The van der Waals surface area contributed by atoms with Gasteiger partial charge in [0.25, 0.3) is 0 Å². The Morgan fingerprint density at radius 2 is 1.72 bits per heavy atom. The van der Waals surface area contributed by atoms with Crippen LogP contribution in [-0.2, 0) is 14.3 Å². The van der Waals surface area contributed by atoms with Crippen LogP contribution in [0.15, 0.2) is 0 Å². The lowest BCUT2D eigenvalue weighted by Gasteiger charge is -2.21. The first-order valence-corrected chi connectivity index (χ1v) is 5.73. The Labute approximate surface area is 105 Å². The Bertz CT molecular complexity index is 302. The molecule has 1 N–H and O–H groups in total. The van der Waals surface area contributed by atoms with E-state index < -0.39 is 35.8 Å². The second-order valence-corrected chi connectivity index (χ2v) is 5.43. The standard InChI is InChI=1S/C12H20F2O4/c1-11(2,3)18-9(15)7-8(10(16)17)5-6-12(4,13)14/h8H,5-7H2,1-4H3,(H,16,17)/t8-/m1/s1. The zero-order valence-electron chi connectivity index (χ0n) is 11.1. The first-order valence-electron chi connectivity index (χ1n) is 5.73. The highest BCUT2D eigenvalue weighted by Gasteiger charge is 2.29. The molecule has 0 aliphatic heterocycles. The number of hydrogen-bond acceptors (Lipinski definition) is 3. The highest BCUT2D eigenvalue weighted by atomic mass is 19.3. The Kier molecular flexibility index (Phi) is 5.70. The van der Waals surface area contributed by atoms with Gasteiger partial charge in [-0.3, -0.25) is 9.59 Å². The van der Waals surface area contributed by atoms with E-state index in [1.54, 1.807) is 20.8 Å². The number of halogens is 2. The van der Waals surface area contributed by atoms with Gasteiger partial charge in [-0.2, -0.15) is 0 Å². The van der Waals surface area contributed by atoms with Crippen molar-refractivity contribution in [3.05, 3.63) is 0 Å². The van der Waals surface area contributed by atoms with E-state index in [4.69, 9.17) is 9.84 Å². The first-order chi connectivity index (χ1) is 7.91. The van der Waals surface area contributed by atoms with Gasteiger partial charge in [0.2, 0.25) is 5.92 Å². The van der Waals surface area contributed by atoms with Gasteiger partial charge < -0.3 is 9.84 Å². The topological polar surface area (TPSA) is 63.6 Å². The number of esters is 1. The maximum Gasteiger partial charge on any atom is 0.307 e. The van der Waals surface area contributed by atoms with E-state index in [0.29, 0.717) is 0 Å². The zero-order valence-corrected chi connectivity index (χ0v) is 11.1. The van der Waals surface area contributed by atoms with Gasteiger partial charge in [0.1, 0.15) is 5.60 Å². The lowest BCUT2D eigenvalue weighted by Crippen LogP contribution is -2.28. The molecule has 0 rings (SSSR count). The minimum absolute atomic E-state index is 0.252. The summed E-state index contributed by atoms with van der Waals surface area (Å²) in [5, 5.41) is 8.86. The van der Waals surface area contributed by atoms with Gasteiger partial charge in [-0.1, -0.05) is 0 Å². The normalized spacial score (nSPS) is 14.1. The van der Waals surface area contributed by atoms with Crippen LogP contribution in [0.25, 0.3) is 0 Å². The van der Waals surface area contributed by atoms with Gasteiger partial charge in [-0.15, -0.1) is 0 Å². The van der Waals surface area contributed by atoms with Crippen molar-refractivity contribution < 1.29 is 28.2 Å². The molecule has 4 nitrogen and oxygen atoms in total. The second-order valence-electron chi connectivity index (χ2n) is 5.43. The van der Waals surface area contributed by atoms with Crippen LogP contribution in [0.1, 0.15) is 47.0 Å². The van der Waals surface area contributed by atoms with Crippen LogP contribution in [-0.4, -0.2) is 28.6 Å². The maximum atomic E-state index is 12.6. The molecule has 0 fully saturated rings. The highest BCUT2D eigenvalue weighted by Crippen LogP contribution is 2.24. The van der Waals surface area contributed by atoms with Crippen molar-refractivity contribution in [2.45, 2.75) is 58.5 Å². The number of carbonyl (C=O) groups excluding carboxylic acids is 1. The summed E-state index contributed by atoms with van der Waals surface area (Å²) in [6.45, 7) is 5.68. The van der Waals surface area contributed by atoms with Gasteiger partial charge in [0.15, 0.2) is 0 Å². The van der Waals surface area contributed by atoms with Crippen molar-refractivity contribution in [1.82, 2.24) is 0 Å². The third-order valence-electron chi connectivity index (χ3n) is 2.11. The van der Waals surface area contributed by atoms with Crippen LogP contribution < -0.4 is 0 Å². The molecule has 106 valence electrons. The SMILES string of the molecule is CC(F)(F)CC[C@H](CC(=O)OC(C)(C)C)C(=O)O. The molecule has 0 aromatic rings. The quantitative estimate of drug-likeness (QED) is 0.751. The number of carboxylic acids is 1.